The third kappa shape index (κ3) is 2.87. The van der Waals surface area contributed by atoms with Crippen LogP contribution in [0.2, 0.25) is 0 Å². The summed E-state index contributed by atoms with van der Waals surface area (Å²) in [6, 6.07) is 21.7. The molecule has 1 unspecified atom stereocenters. The Kier molecular flexibility index (Phi) is 4.60. The number of rotatable bonds is 4. The van der Waals surface area contributed by atoms with Crippen molar-refractivity contribution < 1.29 is 14.4 Å². The molecule has 3 amide bonds. The molecule has 9 nitrogen and oxygen atoms in total. The van der Waals surface area contributed by atoms with Crippen LogP contribution < -0.4 is 4.90 Å². The molecule has 2 aliphatic rings. The third-order valence-corrected chi connectivity index (χ3v) is 6.96. The molecule has 1 N–H and O–H groups in total. The largest absolute Gasteiger partial charge is 0.311 e. The van der Waals surface area contributed by atoms with E-state index in [1.54, 1.807) is 42.3 Å². The van der Waals surface area contributed by atoms with E-state index in [1.807, 2.05) is 42.5 Å². The van der Waals surface area contributed by atoms with E-state index in [4.69, 9.17) is 0 Å². The average Bonchev–Trinajstić information content (AvgIpc) is 3.51. The van der Waals surface area contributed by atoms with Gasteiger partial charge in [0, 0.05) is 24.8 Å². The predicted octanol–water partition coefficient (Wildman–Crippen LogP) is 2.81. The molecule has 1 atom stereocenters. The van der Waals surface area contributed by atoms with E-state index < -0.39 is 5.41 Å². The Hall–Kier alpha value is -4.66. The van der Waals surface area contributed by atoms with E-state index in [-0.39, 0.29) is 30.7 Å². The van der Waals surface area contributed by atoms with E-state index in [0.717, 1.165) is 5.56 Å². The summed E-state index contributed by atoms with van der Waals surface area (Å²) in [6.45, 7) is 0.0987. The fraction of sp³-hybridized carbons (Fsp3) is 0.154. The SMILES string of the molecule is CN1C(=O)c2ccccc2C(CCN2C(=O)c3ccccc3C2=O)(c2nn[nH]n2)c2ccccc21. The van der Waals surface area contributed by atoms with Crippen LogP contribution in [0.4, 0.5) is 5.69 Å². The number of H-pyrrole nitrogens is 1. The number of amides is 3. The zero-order valence-electron chi connectivity index (χ0n) is 18.8. The van der Waals surface area contributed by atoms with Crippen molar-refractivity contribution in [3.8, 4) is 0 Å². The van der Waals surface area contributed by atoms with Crippen LogP contribution in [0.5, 0.6) is 0 Å². The Morgan fingerprint density at radius 1 is 0.771 bits per heavy atom. The maximum Gasteiger partial charge on any atom is 0.261 e. The van der Waals surface area contributed by atoms with E-state index in [9.17, 15) is 14.4 Å². The second-order valence-electron chi connectivity index (χ2n) is 8.63. The van der Waals surface area contributed by atoms with Gasteiger partial charge in [-0.15, -0.1) is 10.2 Å². The summed E-state index contributed by atoms with van der Waals surface area (Å²) in [4.78, 5) is 42.6. The Morgan fingerprint density at radius 3 is 2.03 bits per heavy atom. The van der Waals surface area contributed by atoms with Crippen LogP contribution in [0, 0.1) is 0 Å². The van der Waals surface area contributed by atoms with Crippen molar-refractivity contribution >= 4 is 23.4 Å². The van der Waals surface area contributed by atoms with Gasteiger partial charge in [-0.2, -0.15) is 5.21 Å². The highest BCUT2D eigenvalue weighted by Gasteiger charge is 2.48. The van der Waals surface area contributed by atoms with Gasteiger partial charge in [0.25, 0.3) is 17.7 Å². The van der Waals surface area contributed by atoms with Crippen molar-refractivity contribution in [2.24, 2.45) is 0 Å². The number of carbonyl (C=O) groups is 3. The molecule has 0 spiro atoms. The fourth-order valence-corrected chi connectivity index (χ4v) is 5.29. The Morgan fingerprint density at radius 2 is 1.37 bits per heavy atom. The van der Waals surface area contributed by atoms with Gasteiger partial charge in [0.2, 0.25) is 0 Å². The molecular weight excluding hydrogens is 444 g/mol. The van der Waals surface area contributed by atoms with Crippen molar-refractivity contribution in [2.45, 2.75) is 11.8 Å². The number of aromatic amines is 1. The lowest BCUT2D eigenvalue weighted by Gasteiger charge is -2.34. The number of fused-ring (bicyclic) bond motifs is 3. The molecular formula is C26H20N6O3. The zero-order valence-corrected chi connectivity index (χ0v) is 18.8. The number of tetrazole rings is 1. The first kappa shape index (κ1) is 20.9. The Bertz CT molecular complexity index is 1460. The standard InChI is InChI=1S/C26H20N6O3/c1-31-21-13-7-6-12-20(21)26(25-27-29-30-28-25,19-11-5-4-10-18(19)22(31)33)14-15-32-23(34)16-8-2-3-9-17(16)24(32)35/h2-13H,14-15H2,1H3,(H,27,28,29,30). The molecule has 1 aromatic heterocycles. The molecule has 3 aromatic carbocycles. The number of aromatic nitrogens is 4. The highest BCUT2D eigenvalue weighted by atomic mass is 16.2. The summed E-state index contributed by atoms with van der Waals surface area (Å²) in [5.41, 5.74) is 2.42. The maximum atomic E-state index is 13.5. The molecule has 9 heteroatoms. The molecule has 0 saturated heterocycles. The minimum atomic E-state index is -1.05. The van der Waals surface area contributed by atoms with Crippen LogP contribution in [-0.2, 0) is 5.41 Å². The number of nitrogens with one attached hydrogen (secondary N) is 1. The number of hydrogen-bond acceptors (Lipinski definition) is 6. The fourth-order valence-electron chi connectivity index (χ4n) is 5.29. The normalized spacial score (nSPS) is 18.8. The first-order chi connectivity index (χ1) is 17.0. The van der Waals surface area contributed by atoms with Crippen LogP contribution in [0.3, 0.4) is 0 Å². The lowest BCUT2D eigenvalue weighted by Crippen LogP contribution is -2.39. The number of nitrogens with zero attached hydrogens (tertiary/aromatic N) is 5. The summed E-state index contributed by atoms with van der Waals surface area (Å²) in [6.07, 6.45) is 0.257. The van der Waals surface area contributed by atoms with Gasteiger partial charge < -0.3 is 4.90 Å². The minimum Gasteiger partial charge on any atom is -0.311 e. The summed E-state index contributed by atoms with van der Waals surface area (Å²) >= 11 is 0. The van der Waals surface area contributed by atoms with Crippen LogP contribution in [0.1, 0.15) is 54.4 Å². The highest BCUT2D eigenvalue weighted by Crippen LogP contribution is 2.48. The molecule has 6 rings (SSSR count). The number of benzene rings is 3. The topological polar surface area (TPSA) is 112 Å². The van der Waals surface area contributed by atoms with E-state index >= 15 is 0 Å². The zero-order chi connectivity index (χ0) is 24.2. The maximum absolute atomic E-state index is 13.5. The smallest absolute Gasteiger partial charge is 0.261 e. The van der Waals surface area contributed by atoms with E-state index in [0.29, 0.717) is 33.8 Å². The Labute approximate surface area is 200 Å². The van der Waals surface area contributed by atoms with Crippen molar-refractivity contribution in [1.82, 2.24) is 25.5 Å². The first-order valence-corrected chi connectivity index (χ1v) is 11.2. The summed E-state index contributed by atoms with van der Waals surface area (Å²) < 4.78 is 0. The van der Waals surface area contributed by atoms with Gasteiger partial charge in [-0.05, 0) is 41.8 Å². The van der Waals surface area contributed by atoms with Crippen molar-refractivity contribution in [3.05, 3.63) is 106 Å². The molecule has 0 fully saturated rings. The second kappa shape index (κ2) is 7.69. The number of carbonyl (C=O) groups excluding carboxylic acids is 3. The van der Waals surface area contributed by atoms with Crippen LogP contribution in [-0.4, -0.2) is 56.8 Å². The predicted molar refractivity (Wildman–Crippen MR) is 126 cm³/mol. The molecule has 0 radical (unpaired) electrons. The Balaban J connectivity index is 1.55. The lowest BCUT2D eigenvalue weighted by molar-refractivity contribution is 0.0646. The number of para-hydroxylation sites is 1. The number of hydrogen-bond donors (Lipinski definition) is 1. The van der Waals surface area contributed by atoms with Crippen molar-refractivity contribution in [3.63, 3.8) is 0 Å². The molecule has 4 aromatic rings. The van der Waals surface area contributed by atoms with Gasteiger partial charge in [0.05, 0.1) is 16.5 Å². The average molecular weight is 464 g/mol. The lowest BCUT2D eigenvalue weighted by atomic mass is 9.69. The molecule has 35 heavy (non-hydrogen) atoms. The van der Waals surface area contributed by atoms with E-state index in [1.165, 1.54) is 4.90 Å². The summed E-state index contributed by atoms with van der Waals surface area (Å²) in [5, 5.41) is 15.1. The molecule has 0 aliphatic carbocycles. The van der Waals surface area contributed by atoms with Gasteiger partial charge in [0.1, 0.15) is 0 Å². The molecule has 172 valence electrons. The molecule has 0 saturated carbocycles. The van der Waals surface area contributed by atoms with Crippen LogP contribution >= 0.6 is 0 Å². The highest BCUT2D eigenvalue weighted by molar-refractivity contribution is 6.21. The molecule has 3 heterocycles. The quantitative estimate of drug-likeness (QED) is 0.465. The van der Waals surface area contributed by atoms with Crippen LogP contribution in [0.15, 0.2) is 72.8 Å². The van der Waals surface area contributed by atoms with Gasteiger partial charge >= 0.3 is 0 Å². The number of anilines is 1. The minimum absolute atomic E-state index is 0.0987. The number of imide groups is 1. The van der Waals surface area contributed by atoms with Gasteiger partial charge in [-0.25, -0.2) is 0 Å². The summed E-state index contributed by atoms with van der Waals surface area (Å²) in [5.74, 6) is -0.481. The van der Waals surface area contributed by atoms with E-state index in [2.05, 4.69) is 20.6 Å². The van der Waals surface area contributed by atoms with Crippen molar-refractivity contribution in [2.75, 3.05) is 18.5 Å². The molecule has 0 bridgehead atoms. The molecule has 2 aliphatic heterocycles. The third-order valence-electron chi connectivity index (χ3n) is 6.96. The van der Waals surface area contributed by atoms with Crippen molar-refractivity contribution in [1.29, 1.82) is 0 Å². The summed E-state index contributed by atoms with van der Waals surface area (Å²) in [7, 11) is 1.73. The van der Waals surface area contributed by atoms with Gasteiger partial charge in [0.15, 0.2) is 5.82 Å². The van der Waals surface area contributed by atoms with Gasteiger partial charge in [-0.1, -0.05) is 53.7 Å². The first-order valence-electron chi connectivity index (χ1n) is 11.2. The second-order valence-corrected chi connectivity index (χ2v) is 8.63. The van der Waals surface area contributed by atoms with Crippen LogP contribution in [0.25, 0.3) is 0 Å². The monoisotopic (exact) mass is 464 g/mol. The van der Waals surface area contributed by atoms with Gasteiger partial charge in [-0.3, -0.25) is 19.3 Å².